The summed E-state index contributed by atoms with van der Waals surface area (Å²) in [5, 5.41) is 26.3. The van der Waals surface area contributed by atoms with E-state index < -0.39 is 34.2 Å². The van der Waals surface area contributed by atoms with E-state index >= 15 is 0 Å². The largest absolute Gasteiger partial charge is 0.396 e. The van der Waals surface area contributed by atoms with Gasteiger partial charge in [-0.2, -0.15) is 0 Å². The van der Waals surface area contributed by atoms with Crippen molar-refractivity contribution >= 4 is 86.4 Å². The first kappa shape index (κ1) is 47.5. The molecule has 0 saturated carbocycles. The van der Waals surface area contributed by atoms with Gasteiger partial charge in [0.15, 0.2) is 23.0 Å². The minimum atomic E-state index is -0.887. The third-order valence-electron chi connectivity index (χ3n) is 9.76. The van der Waals surface area contributed by atoms with Gasteiger partial charge in [0.25, 0.3) is 11.8 Å². The Morgan fingerprint density at radius 1 is 0.633 bits per heavy atom. The SMILES string of the molecule is Cc1cc(C(CCO)CCN(CCO)c2ccc(N=C(C(=O)Nc3ccccc3Cl)C(=O)C(C)(C)C)c(C)c2)ccc1N=C(C(=O)Nc1ccccc1Cl)C(=O)C(C)(C)C. The van der Waals surface area contributed by atoms with Gasteiger partial charge in [0.1, 0.15) is 0 Å². The minimum absolute atomic E-state index is 0.0540. The van der Waals surface area contributed by atoms with Crippen molar-refractivity contribution in [3.63, 3.8) is 0 Å². The number of hydrogen-bond donors (Lipinski definition) is 4. The molecule has 60 heavy (non-hydrogen) atoms. The molecule has 13 heteroatoms. The molecule has 4 aromatic rings. The number of Topliss-reactive ketones (excluding diaryl/α,β-unsaturated/α-hetero) is 2. The maximum absolute atomic E-state index is 13.5. The minimum Gasteiger partial charge on any atom is -0.396 e. The molecule has 0 heterocycles. The van der Waals surface area contributed by atoms with Gasteiger partial charge in [0.2, 0.25) is 0 Å². The number of aliphatic imine (C=N–C) groups is 2. The summed E-state index contributed by atoms with van der Waals surface area (Å²) in [7, 11) is 0. The van der Waals surface area contributed by atoms with Gasteiger partial charge in [-0.05, 0) is 97.8 Å². The van der Waals surface area contributed by atoms with Crippen molar-refractivity contribution < 1.29 is 29.4 Å². The van der Waals surface area contributed by atoms with Gasteiger partial charge >= 0.3 is 0 Å². The lowest BCUT2D eigenvalue weighted by atomic mass is 9.87. The molecule has 0 saturated heterocycles. The van der Waals surface area contributed by atoms with E-state index in [1.165, 1.54) is 0 Å². The fourth-order valence-electron chi connectivity index (χ4n) is 6.30. The first-order chi connectivity index (χ1) is 28.2. The van der Waals surface area contributed by atoms with Gasteiger partial charge in [0.05, 0.1) is 39.4 Å². The second kappa shape index (κ2) is 20.9. The Hall–Kier alpha value is -5.20. The Kier molecular flexibility index (Phi) is 16.5. The number of aliphatic hydroxyl groups excluding tert-OH is 2. The number of carbonyl (C=O) groups excluding carboxylic acids is 4. The molecule has 11 nitrogen and oxygen atoms in total. The van der Waals surface area contributed by atoms with Crippen LogP contribution in [-0.2, 0) is 19.2 Å². The van der Waals surface area contributed by atoms with Gasteiger partial charge in [-0.25, -0.2) is 9.98 Å². The number of para-hydroxylation sites is 2. The van der Waals surface area contributed by atoms with Gasteiger partial charge in [0, 0.05) is 36.2 Å². The van der Waals surface area contributed by atoms with Crippen molar-refractivity contribution in [2.75, 3.05) is 41.8 Å². The Labute approximate surface area is 362 Å². The topological polar surface area (TPSA) is 161 Å². The summed E-state index contributed by atoms with van der Waals surface area (Å²) in [4.78, 5) is 65.2. The summed E-state index contributed by atoms with van der Waals surface area (Å²) in [6.45, 7) is 14.7. The quantitative estimate of drug-likeness (QED) is 0.0608. The van der Waals surface area contributed by atoms with Crippen LogP contribution in [0.3, 0.4) is 0 Å². The third-order valence-corrected chi connectivity index (χ3v) is 10.4. The molecule has 4 aromatic carbocycles. The summed E-state index contributed by atoms with van der Waals surface area (Å²) >= 11 is 12.6. The molecule has 1 atom stereocenters. The van der Waals surface area contributed by atoms with E-state index in [-0.39, 0.29) is 30.6 Å². The van der Waals surface area contributed by atoms with Crippen LogP contribution in [0.1, 0.15) is 77.0 Å². The van der Waals surface area contributed by atoms with Crippen LogP contribution in [0.5, 0.6) is 0 Å². The first-order valence-electron chi connectivity index (χ1n) is 19.8. The average Bonchev–Trinajstić information content (AvgIpc) is 3.18. The van der Waals surface area contributed by atoms with E-state index in [2.05, 4.69) is 20.6 Å². The molecule has 0 fully saturated rings. The Morgan fingerprint density at radius 3 is 1.52 bits per heavy atom. The molecular formula is C47H55Cl2N5O6. The average molecular weight is 857 g/mol. The van der Waals surface area contributed by atoms with Gasteiger partial charge < -0.3 is 25.7 Å². The zero-order valence-electron chi connectivity index (χ0n) is 35.5. The van der Waals surface area contributed by atoms with E-state index in [0.29, 0.717) is 64.3 Å². The lowest BCUT2D eigenvalue weighted by Crippen LogP contribution is -2.37. The number of carbonyl (C=O) groups is 4. The molecule has 4 N–H and O–H groups in total. The number of nitrogens with zero attached hydrogens (tertiary/aromatic N) is 3. The van der Waals surface area contributed by atoms with Crippen molar-refractivity contribution in [2.24, 2.45) is 20.8 Å². The van der Waals surface area contributed by atoms with E-state index in [0.717, 1.165) is 16.8 Å². The molecule has 0 bridgehead atoms. The maximum atomic E-state index is 13.5. The number of benzene rings is 4. The monoisotopic (exact) mass is 855 g/mol. The summed E-state index contributed by atoms with van der Waals surface area (Å²) in [5.74, 6) is -2.28. The molecule has 0 spiro atoms. The number of hydrogen-bond acceptors (Lipinski definition) is 9. The molecule has 0 aliphatic rings. The van der Waals surface area contributed by atoms with Gasteiger partial charge in [-0.15, -0.1) is 0 Å². The molecule has 4 rings (SSSR count). The number of amides is 2. The van der Waals surface area contributed by atoms with Crippen LogP contribution in [0.2, 0.25) is 10.0 Å². The van der Waals surface area contributed by atoms with Crippen molar-refractivity contribution in [2.45, 2.75) is 74.1 Å². The molecule has 0 aliphatic carbocycles. The third kappa shape index (κ3) is 12.7. The Balaban J connectivity index is 1.59. The van der Waals surface area contributed by atoms with E-state index in [9.17, 15) is 29.4 Å². The van der Waals surface area contributed by atoms with Crippen molar-refractivity contribution in [1.82, 2.24) is 0 Å². The molecule has 0 radical (unpaired) electrons. The highest BCUT2D eigenvalue weighted by Gasteiger charge is 2.33. The van der Waals surface area contributed by atoms with Crippen LogP contribution in [0.4, 0.5) is 28.4 Å². The summed E-state index contributed by atoms with van der Waals surface area (Å²) < 4.78 is 0. The van der Waals surface area contributed by atoms with Gasteiger partial charge in [-0.1, -0.05) is 101 Å². The van der Waals surface area contributed by atoms with Crippen molar-refractivity contribution in [1.29, 1.82) is 0 Å². The highest BCUT2D eigenvalue weighted by Crippen LogP contribution is 2.32. The maximum Gasteiger partial charge on any atom is 0.278 e. The van der Waals surface area contributed by atoms with E-state index in [4.69, 9.17) is 23.2 Å². The van der Waals surface area contributed by atoms with Crippen LogP contribution in [-0.4, -0.2) is 71.3 Å². The fourth-order valence-corrected chi connectivity index (χ4v) is 6.67. The van der Waals surface area contributed by atoms with Crippen LogP contribution >= 0.6 is 23.2 Å². The van der Waals surface area contributed by atoms with E-state index in [1.54, 1.807) is 102 Å². The molecule has 0 aromatic heterocycles. The lowest BCUT2D eigenvalue weighted by molar-refractivity contribution is -0.122. The molecule has 1 unspecified atom stereocenters. The van der Waals surface area contributed by atoms with Crippen LogP contribution in [0.25, 0.3) is 0 Å². The number of ketones is 2. The van der Waals surface area contributed by atoms with Crippen molar-refractivity contribution in [3.8, 4) is 0 Å². The fraction of sp³-hybridized carbons (Fsp3) is 0.362. The molecule has 0 aliphatic heterocycles. The second-order valence-electron chi connectivity index (χ2n) is 16.7. The lowest BCUT2D eigenvalue weighted by Gasteiger charge is -2.27. The predicted molar refractivity (Wildman–Crippen MR) is 244 cm³/mol. The molecular weight excluding hydrogens is 801 g/mol. The number of rotatable bonds is 17. The normalized spacial score (nSPS) is 12.8. The van der Waals surface area contributed by atoms with Crippen LogP contribution < -0.4 is 15.5 Å². The Morgan fingerprint density at radius 2 is 1.10 bits per heavy atom. The summed E-state index contributed by atoms with van der Waals surface area (Å²) in [6, 6.07) is 24.6. The standard InChI is InChI=1S/C47H55Cl2N5O6/c1-29-27-32(17-19-36(29)50-40(42(57)46(3,4)5)44(59)52-38-15-11-9-13-34(38)48)31(22-25-55)21-23-54(24-26-56)33-18-20-37(30(2)28-33)51-41(43(58)47(6,7)8)45(60)53-39-16-12-10-14-35(39)49/h9-20,27-28,31,55-56H,21-26H2,1-8H3,(H,52,59)(H,53,60). The number of halogens is 2. The first-order valence-corrected chi connectivity index (χ1v) is 20.6. The zero-order chi connectivity index (χ0) is 44.4. The van der Waals surface area contributed by atoms with Crippen LogP contribution in [0.15, 0.2) is 94.9 Å². The summed E-state index contributed by atoms with van der Waals surface area (Å²) in [5.41, 5.74) is 2.56. The molecule has 318 valence electrons. The highest BCUT2D eigenvalue weighted by atomic mass is 35.5. The van der Waals surface area contributed by atoms with E-state index in [1.807, 2.05) is 43.0 Å². The predicted octanol–water partition coefficient (Wildman–Crippen LogP) is 9.62. The number of nitrogens with one attached hydrogen (secondary N) is 2. The van der Waals surface area contributed by atoms with Crippen molar-refractivity contribution in [3.05, 3.63) is 112 Å². The molecule has 2 amide bonds. The highest BCUT2D eigenvalue weighted by molar-refractivity contribution is 6.69. The van der Waals surface area contributed by atoms with Crippen LogP contribution in [0, 0.1) is 24.7 Å². The second-order valence-corrected chi connectivity index (χ2v) is 17.5. The number of anilines is 3. The zero-order valence-corrected chi connectivity index (χ0v) is 37.0. The summed E-state index contributed by atoms with van der Waals surface area (Å²) in [6.07, 6.45) is 1.08. The number of aliphatic hydroxyl groups is 2. The number of aryl methyl sites for hydroxylation is 2. The smallest absolute Gasteiger partial charge is 0.278 e. The Bertz CT molecular complexity index is 2120. The van der Waals surface area contributed by atoms with Gasteiger partial charge in [-0.3, -0.25) is 19.2 Å².